The molecule has 0 saturated carbocycles. The molecule has 0 spiro atoms. The Morgan fingerprint density at radius 1 is 0.971 bits per heavy atom. The number of hydrogen-bond acceptors (Lipinski definition) is 6. The lowest BCUT2D eigenvalue weighted by Gasteiger charge is -2.10. The van der Waals surface area contributed by atoms with E-state index in [9.17, 15) is 13.6 Å². The van der Waals surface area contributed by atoms with Crippen molar-refractivity contribution in [2.75, 3.05) is 12.4 Å². The number of thiazole rings is 1. The number of imidazole rings is 1. The lowest BCUT2D eigenvalue weighted by molar-refractivity contribution is -0.0498. The van der Waals surface area contributed by atoms with Crippen LogP contribution in [0.25, 0.3) is 26.6 Å². The van der Waals surface area contributed by atoms with Crippen LogP contribution >= 0.6 is 11.3 Å². The van der Waals surface area contributed by atoms with Crippen LogP contribution in [0, 0.1) is 0 Å². The number of nitrogens with one attached hydrogen (secondary N) is 1. The molecule has 0 aliphatic rings. The standard InChI is InChI=1S/C25H18F2N4O3S/c1-33-17-12-8-16(9-13-17)31-14-20(23-28-19-4-2-3-5-21(19)35-23)29-25(31)30-22(32)15-6-10-18(11-7-15)34-24(26)27/h2-14,24H,1H3,(H,29,30,32). The number of para-hydroxylation sites is 1. The fourth-order valence-electron chi connectivity index (χ4n) is 3.45. The van der Waals surface area contributed by atoms with Crippen molar-refractivity contribution < 1.29 is 23.0 Å². The maximum atomic E-state index is 12.9. The number of hydrogen-bond donors (Lipinski definition) is 1. The highest BCUT2D eigenvalue weighted by Gasteiger charge is 2.18. The third kappa shape index (κ3) is 4.82. The van der Waals surface area contributed by atoms with Gasteiger partial charge in [0, 0.05) is 17.4 Å². The highest BCUT2D eigenvalue weighted by atomic mass is 32.1. The van der Waals surface area contributed by atoms with Gasteiger partial charge in [-0.05, 0) is 60.7 Å². The molecule has 1 N–H and O–H groups in total. The summed E-state index contributed by atoms with van der Waals surface area (Å²) in [5.74, 6) is 0.485. The second-order valence-corrected chi connectivity index (χ2v) is 8.39. The zero-order chi connectivity index (χ0) is 24.4. The van der Waals surface area contributed by atoms with Crippen molar-refractivity contribution >= 4 is 33.4 Å². The molecule has 0 unspecified atom stereocenters. The molecule has 2 heterocycles. The molecule has 5 aromatic rings. The van der Waals surface area contributed by atoms with E-state index in [4.69, 9.17) is 4.74 Å². The molecule has 1 amide bonds. The molecule has 0 aliphatic heterocycles. The number of fused-ring (bicyclic) bond motifs is 1. The van der Waals surface area contributed by atoms with Crippen molar-refractivity contribution in [3.8, 4) is 27.9 Å². The van der Waals surface area contributed by atoms with Crippen molar-refractivity contribution in [2.45, 2.75) is 6.61 Å². The van der Waals surface area contributed by atoms with E-state index in [1.54, 1.807) is 30.0 Å². The first-order valence-corrected chi connectivity index (χ1v) is 11.3. The number of methoxy groups -OCH3 is 1. The number of benzene rings is 3. The molecule has 35 heavy (non-hydrogen) atoms. The molecule has 176 valence electrons. The van der Waals surface area contributed by atoms with Gasteiger partial charge in [-0.15, -0.1) is 11.3 Å². The van der Waals surface area contributed by atoms with E-state index in [0.29, 0.717) is 16.5 Å². The highest BCUT2D eigenvalue weighted by Crippen LogP contribution is 2.32. The molecule has 10 heteroatoms. The predicted octanol–water partition coefficient (Wildman–Crippen LogP) is 6.01. The number of nitrogens with zero attached hydrogens (tertiary/aromatic N) is 3. The Morgan fingerprint density at radius 2 is 1.69 bits per heavy atom. The Kier molecular flexibility index (Phi) is 6.11. The second-order valence-electron chi connectivity index (χ2n) is 7.36. The Bertz CT molecular complexity index is 1450. The molecule has 0 aliphatic carbocycles. The zero-order valence-corrected chi connectivity index (χ0v) is 19.1. The fraction of sp³-hybridized carbons (Fsp3) is 0.0800. The normalized spacial score (nSPS) is 11.1. The van der Waals surface area contributed by atoms with Crippen LogP contribution < -0.4 is 14.8 Å². The molecule has 0 atom stereocenters. The Labute approximate surface area is 202 Å². The van der Waals surface area contributed by atoms with Crippen LogP contribution in [0.3, 0.4) is 0 Å². The third-order valence-corrected chi connectivity index (χ3v) is 6.20. The van der Waals surface area contributed by atoms with Gasteiger partial charge >= 0.3 is 6.61 Å². The summed E-state index contributed by atoms with van der Waals surface area (Å²) in [6, 6.07) is 20.5. The molecule has 7 nitrogen and oxygen atoms in total. The first-order valence-electron chi connectivity index (χ1n) is 10.5. The average molecular weight is 493 g/mol. The van der Waals surface area contributed by atoms with Crippen molar-refractivity contribution in [3.63, 3.8) is 0 Å². The number of alkyl halides is 2. The topological polar surface area (TPSA) is 78.3 Å². The van der Waals surface area contributed by atoms with Gasteiger partial charge in [0.05, 0.1) is 17.3 Å². The Balaban J connectivity index is 1.49. The minimum Gasteiger partial charge on any atom is -0.497 e. The first kappa shape index (κ1) is 22.5. The van der Waals surface area contributed by atoms with Crippen LogP contribution in [0.5, 0.6) is 11.5 Å². The monoisotopic (exact) mass is 492 g/mol. The summed E-state index contributed by atoms with van der Waals surface area (Å²) in [4.78, 5) is 22.2. The van der Waals surface area contributed by atoms with Crippen molar-refractivity contribution in [1.82, 2.24) is 14.5 Å². The summed E-state index contributed by atoms with van der Waals surface area (Å²) >= 11 is 1.50. The van der Waals surface area contributed by atoms with Gasteiger partial charge in [0.2, 0.25) is 5.95 Å². The SMILES string of the molecule is COc1ccc(-n2cc(-c3nc4ccccc4s3)nc2NC(=O)c2ccc(OC(F)F)cc2)cc1. The molecular weight excluding hydrogens is 474 g/mol. The van der Waals surface area contributed by atoms with Gasteiger partial charge in [-0.1, -0.05) is 12.1 Å². The number of anilines is 1. The summed E-state index contributed by atoms with van der Waals surface area (Å²) in [6.07, 6.45) is 1.80. The van der Waals surface area contributed by atoms with Crippen LogP contribution in [0.1, 0.15) is 10.4 Å². The molecule has 3 aromatic carbocycles. The van der Waals surface area contributed by atoms with E-state index in [-0.39, 0.29) is 17.3 Å². The number of carbonyl (C=O) groups is 1. The quantitative estimate of drug-likeness (QED) is 0.301. The van der Waals surface area contributed by atoms with Crippen molar-refractivity contribution in [2.24, 2.45) is 0 Å². The Hall–Kier alpha value is -4.31. The number of rotatable bonds is 7. The minimum absolute atomic E-state index is 0.0330. The minimum atomic E-state index is -2.94. The maximum Gasteiger partial charge on any atom is 0.387 e. The van der Waals surface area contributed by atoms with Gasteiger partial charge in [-0.3, -0.25) is 14.7 Å². The molecule has 0 bridgehead atoms. The summed E-state index contributed by atoms with van der Waals surface area (Å²) in [5.41, 5.74) is 2.47. The van der Waals surface area contributed by atoms with E-state index in [0.717, 1.165) is 15.9 Å². The summed E-state index contributed by atoms with van der Waals surface area (Å²) < 4.78 is 37.2. The maximum absolute atomic E-state index is 12.9. The number of aromatic nitrogens is 3. The van der Waals surface area contributed by atoms with Crippen LogP contribution in [0.15, 0.2) is 79.0 Å². The van der Waals surface area contributed by atoms with Gasteiger partial charge in [0.15, 0.2) is 0 Å². The van der Waals surface area contributed by atoms with E-state index >= 15 is 0 Å². The highest BCUT2D eigenvalue weighted by molar-refractivity contribution is 7.21. The van der Waals surface area contributed by atoms with Gasteiger partial charge in [0.25, 0.3) is 5.91 Å². The average Bonchev–Trinajstić information content (AvgIpc) is 3.48. The zero-order valence-electron chi connectivity index (χ0n) is 18.3. The van der Waals surface area contributed by atoms with E-state index < -0.39 is 12.5 Å². The molecule has 2 aromatic heterocycles. The summed E-state index contributed by atoms with van der Waals surface area (Å²) in [7, 11) is 1.58. The lowest BCUT2D eigenvalue weighted by Crippen LogP contribution is -2.15. The van der Waals surface area contributed by atoms with Gasteiger partial charge in [-0.2, -0.15) is 8.78 Å². The van der Waals surface area contributed by atoms with E-state index in [2.05, 4.69) is 20.0 Å². The Morgan fingerprint density at radius 3 is 2.37 bits per heavy atom. The van der Waals surface area contributed by atoms with Crippen LogP contribution in [-0.2, 0) is 0 Å². The van der Waals surface area contributed by atoms with Gasteiger partial charge in [-0.25, -0.2) is 9.97 Å². The molecule has 5 rings (SSSR count). The van der Waals surface area contributed by atoms with Gasteiger partial charge < -0.3 is 9.47 Å². The second kappa shape index (κ2) is 9.51. The van der Waals surface area contributed by atoms with Crippen molar-refractivity contribution in [1.29, 1.82) is 0 Å². The fourth-order valence-corrected chi connectivity index (χ4v) is 4.37. The number of amides is 1. The number of carbonyl (C=O) groups excluding carboxylic acids is 1. The molecule has 0 saturated heterocycles. The van der Waals surface area contributed by atoms with E-state index in [1.165, 1.54) is 35.6 Å². The first-order chi connectivity index (χ1) is 17.0. The summed E-state index contributed by atoms with van der Waals surface area (Å²) in [5, 5.41) is 3.52. The molecular formula is C25H18F2N4O3S. The largest absolute Gasteiger partial charge is 0.497 e. The molecule has 0 fully saturated rings. The predicted molar refractivity (Wildman–Crippen MR) is 130 cm³/mol. The third-order valence-electron chi connectivity index (χ3n) is 5.14. The molecule has 0 radical (unpaired) electrons. The van der Waals surface area contributed by atoms with Crippen LogP contribution in [-0.4, -0.2) is 34.2 Å². The van der Waals surface area contributed by atoms with Crippen LogP contribution in [0.2, 0.25) is 0 Å². The van der Waals surface area contributed by atoms with E-state index in [1.807, 2.05) is 36.4 Å². The smallest absolute Gasteiger partial charge is 0.387 e. The lowest BCUT2D eigenvalue weighted by atomic mass is 10.2. The van der Waals surface area contributed by atoms with Gasteiger partial charge in [0.1, 0.15) is 22.2 Å². The van der Waals surface area contributed by atoms with Crippen LogP contribution in [0.4, 0.5) is 14.7 Å². The summed E-state index contributed by atoms with van der Waals surface area (Å²) in [6.45, 7) is -2.94. The number of halogens is 2. The number of ether oxygens (including phenoxy) is 2. The van der Waals surface area contributed by atoms with Crippen molar-refractivity contribution in [3.05, 3.63) is 84.6 Å².